The molecule has 0 fully saturated rings. The smallest absolute Gasteiger partial charge is 0.133 e. The number of hydrogen-bond acceptors (Lipinski definition) is 5. The van der Waals surface area contributed by atoms with E-state index in [4.69, 9.17) is 0 Å². The van der Waals surface area contributed by atoms with Crippen molar-refractivity contribution in [2.75, 3.05) is 37.8 Å². The summed E-state index contributed by atoms with van der Waals surface area (Å²) in [5, 5.41) is 6.85. The average Bonchev–Trinajstić information content (AvgIpc) is 2.43. The van der Waals surface area contributed by atoms with Gasteiger partial charge >= 0.3 is 0 Å². The van der Waals surface area contributed by atoms with Crippen molar-refractivity contribution in [3.05, 3.63) is 11.9 Å². The molecule has 21 heavy (non-hydrogen) atoms. The van der Waals surface area contributed by atoms with Crippen molar-refractivity contribution in [1.29, 1.82) is 0 Å². The quantitative estimate of drug-likeness (QED) is 0.694. The number of nitrogens with zero attached hydrogens (tertiary/aromatic N) is 3. The van der Waals surface area contributed by atoms with Gasteiger partial charge in [0.05, 0.1) is 0 Å². The molecule has 5 nitrogen and oxygen atoms in total. The van der Waals surface area contributed by atoms with Crippen LogP contribution >= 0.6 is 0 Å². The van der Waals surface area contributed by atoms with Crippen LogP contribution in [0.2, 0.25) is 0 Å². The summed E-state index contributed by atoms with van der Waals surface area (Å²) in [5.74, 6) is 2.77. The normalized spacial score (nSPS) is 12.5. The fraction of sp³-hybridized carbons (Fsp3) is 0.750. The van der Waals surface area contributed by atoms with Crippen LogP contribution in [0.5, 0.6) is 0 Å². The summed E-state index contributed by atoms with van der Waals surface area (Å²) in [6, 6.07) is 2.41. The van der Waals surface area contributed by atoms with Crippen LogP contribution in [0.1, 0.15) is 45.9 Å². The summed E-state index contributed by atoms with van der Waals surface area (Å²) in [6.45, 7) is 8.52. The highest BCUT2D eigenvalue weighted by atomic mass is 15.1. The number of aromatic nitrogens is 2. The molecule has 0 amide bonds. The minimum Gasteiger partial charge on any atom is -0.370 e. The topological polar surface area (TPSA) is 53.1 Å². The second-order valence-electron chi connectivity index (χ2n) is 5.87. The Hall–Kier alpha value is -1.36. The van der Waals surface area contributed by atoms with Crippen LogP contribution in [0.25, 0.3) is 0 Å². The largest absolute Gasteiger partial charge is 0.370 e. The molecule has 0 saturated carbocycles. The maximum atomic E-state index is 4.62. The van der Waals surface area contributed by atoms with Gasteiger partial charge in [-0.3, -0.25) is 0 Å². The molecular weight excluding hydrogens is 262 g/mol. The van der Waals surface area contributed by atoms with Gasteiger partial charge in [0.25, 0.3) is 0 Å². The molecule has 0 aliphatic carbocycles. The van der Waals surface area contributed by atoms with Gasteiger partial charge in [0, 0.05) is 25.1 Å². The van der Waals surface area contributed by atoms with Crippen LogP contribution < -0.4 is 10.6 Å². The van der Waals surface area contributed by atoms with Gasteiger partial charge in [-0.25, -0.2) is 9.97 Å². The Kier molecular flexibility index (Phi) is 8.05. The maximum Gasteiger partial charge on any atom is 0.133 e. The summed E-state index contributed by atoms with van der Waals surface area (Å²) in [6.07, 6.45) is 4.17. The fourth-order valence-electron chi connectivity index (χ4n) is 2.03. The van der Waals surface area contributed by atoms with E-state index in [1.54, 1.807) is 0 Å². The van der Waals surface area contributed by atoms with E-state index in [0.717, 1.165) is 56.2 Å². The van der Waals surface area contributed by atoms with Crippen LogP contribution in [-0.2, 0) is 6.42 Å². The molecule has 0 aliphatic heterocycles. The van der Waals surface area contributed by atoms with E-state index >= 15 is 0 Å². The Morgan fingerprint density at radius 1 is 1.14 bits per heavy atom. The third-order valence-corrected chi connectivity index (χ3v) is 3.21. The first-order chi connectivity index (χ1) is 10.0. The summed E-state index contributed by atoms with van der Waals surface area (Å²) in [7, 11) is 4.20. The monoisotopic (exact) mass is 293 g/mol. The van der Waals surface area contributed by atoms with E-state index in [9.17, 15) is 0 Å². The van der Waals surface area contributed by atoms with Crippen LogP contribution in [-0.4, -0.2) is 48.1 Å². The zero-order valence-electron chi connectivity index (χ0n) is 14.2. The molecule has 120 valence electrons. The predicted molar refractivity (Wildman–Crippen MR) is 91.1 cm³/mol. The molecule has 0 saturated heterocycles. The lowest BCUT2D eigenvalue weighted by molar-refractivity contribution is 0.390. The Bertz CT molecular complexity index is 406. The summed E-state index contributed by atoms with van der Waals surface area (Å²) in [4.78, 5) is 11.4. The Morgan fingerprint density at radius 2 is 1.86 bits per heavy atom. The van der Waals surface area contributed by atoms with Gasteiger partial charge in [0.2, 0.25) is 0 Å². The summed E-state index contributed by atoms with van der Waals surface area (Å²) >= 11 is 0. The van der Waals surface area contributed by atoms with Gasteiger partial charge in [-0.05, 0) is 46.8 Å². The third kappa shape index (κ3) is 7.27. The second kappa shape index (κ2) is 9.55. The number of aryl methyl sites for hydroxylation is 1. The van der Waals surface area contributed by atoms with E-state index in [2.05, 4.69) is 60.4 Å². The first-order valence-corrected chi connectivity index (χ1v) is 8.08. The van der Waals surface area contributed by atoms with Crippen LogP contribution in [0.15, 0.2) is 6.07 Å². The number of hydrogen-bond donors (Lipinski definition) is 2. The van der Waals surface area contributed by atoms with Crippen molar-refractivity contribution in [2.45, 2.75) is 52.5 Å². The van der Waals surface area contributed by atoms with Crippen molar-refractivity contribution in [2.24, 2.45) is 0 Å². The second-order valence-corrected chi connectivity index (χ2v) is 5.87. The highest BCUT2D eigenvalue weighted by molar-refractivity contribution is 5.48. The van der Waals surface area contributed by atoms with Crippen molar-refractivity contribution < 1.29 is 0 Å². The molecule has 1 atom stereocenters. The highest BCUT2D eigenvalue weighted by Crippen LogP contribution is 2.14. The van der Waals surface area contributed by atoms with E-state index < -0.39 is 0 Å². The van der Waals surface area contributed by atoms with Gasteiger partial charge in [-0.1, -0.05) is 13.8 Å². The fourth-order valence-corrected chi connectivity index (χ4v) is 2.03. The van der Waals surface area contributed by atoms with E-state index in [1.807, 2.05) is 6.07 Å². The van der Waals surface area contributed by atoms with E-state index in [0.29, 0.717) is 6.04 Å². The van der Waals surface area contributed by atoms with Gasteiger partial charge < -0.3 is 15.5 Å². The molecule has 0 aromatic carbocycles. The minimum absolute atomic E-state index is 0.399. The molecular formula is C16H31N5. The number of rotatable bonds is 10. The molecule has 0 radical (unpaired) electrons. The molecule has 1 aromatic rings. The summed E-state index contributed by atoms with van der Waals surface area (Å²) < 4.78 is 0. The Morgan fingerprint density at radius 3 is 2.48 bits per heavy atom. The van der Waals surface area contributed by atoms with Crippen LogP contribution in [0.3, 0.4) is 0 Å². The zero-order valence-corrected chi connectivity index (χ0v) is 14.2. The standard InChI is InChI=1S/C16H31N5/c1-6-8-14-19-15(17-10-7-2)12-16(20-14)18-13(3)9-11-21(4)5/h12-13H,6-11H2,1-5H3,(H2,17,18,19,20). The molecule has 1 heterocycles. The average molecular weight is 293 g/mol. The van der Waals surface area contributed by atoms with Crippen molar-refractivity contribution in [1.82, 2.24) is 14.9 Å². The zero-order chi connectivity index (χ0) is 15.7. The van der Waals surface area contributed by atoms with Crippen molar-refractivity contribution >= 4 is 11.6 Å². The van der Waals surface area contributed by atoms with Crippen LogP contribution in [0, 0.1) is 0 Å². The van der Waals surface area contributed by atoms with Gasteiger partial charge in [-0.2, -0.15) is 0 Å². The van der Waals surface area contributed by atoms with Crippen molar-refractivity contribution in [3.8, 4) is 0 Å². The third-order valence-electron chi connectivity index (χ3n) is 3.21. The molecule has 2 N–H and O–H groups in total. The lowest BCUT2D eigenvalue weighted by Crippen LogP contribution is -2.23. The van der Waals surface area contributed by atoms with E-state index in [-0.39, 0.29) is 0 Å². The summed E-state index contributed by atoms with van der Waals surface area (Å²) in [5.41, 5.74) is 0. The SMILES string of the molecule is CCCNc1cc(NC(C)CCN(C)C)nc(CCC)n1. The Balaban J connectivity index is 2.71. The Labute approximate surface area is 129 Å². The minimum atomic E-state index is 0.399. The predicted octanol–water partition coefficient (Wildman–Crippen LogP) is 3.00. The van der Waals surface area contributed by atoms with Gasteiger partial charge in [-0.15, -0.1) is 0 Å². The first kappa shape index (κ1) is 17.7. The number of nitrogens with one attached hydrogen (secondary N) is 2. The lowest BCUT2D eigenvalue weighted by atomic mass is 10.2. The highest BCUT2D eigenvalue weighted by Gasteiger charge is 2.08. The first-order valence-electron chi connectivity index (χ1n) is 8.08. The lowest BCUT2D eigenvalue weighted by Gasteiger charge is -2.18. The molecule has 0 spiro atoms. The van der Waals surface area contributed by atoms with E-state index in [1.165, 1.54) is 0 Å². The van der Waals surface area contributed by atoms with Crippen molar-refractivity contribution in [3.63, 3.8) is 0 Å². The molecule has 0 aliphatic rings. The maximum absolute atomic E-state index is 4.62. The van der Waals surface area contributed by atoms with Gasteiger partial charge in [0.1, 0.15) is 17.5 Å². The van der Waals surface area contributed by atoms with Crippen LogP contribution in [0.4, 0.5) is 11.6 Å². The molecule has 5 heteroatoms. The molecule has 1 aromatic heterocycles. The van der Waals surface area contributed by atoms with Gasteiger partial charge in [0.15, 0.2) is 0 Å². The molecule has 1 unspecified atom stereocenters. The number of anilines is 2. The molecule has 0 bridgehead atoms. The molecule has 1 rings (SSSR count).